The molecule has 0 radical (unpaired) electrons. The molecular weight excluding hydrogens is 366 g/mol. The van der Waals surface area contributed by atoms with Crippen LogP contribution in [0.25, 0.3) is 11.4 Å². The van der Waals surface area contributed by atoms with Crippen molar-refractivity contribution in [3.8, 4) is 11.4 Å². The normalized spacial score (nSPS) is 24.4. The number of amides is 2. The monoisotopic (exact) mass is 397 g/mol. The average molecular weight is 398 g/mol. The number of anilines is 1. The van der Waals surface area contributed by atoms with E-state index in [9.17, 15) is 4.79 Å². The highest BCUT2D eigenvalue weighted by molar-refractivity contribution is 5.95. The Morgan fingerprint density at radius 1 is 1.28 bits per heavy atom. The molecule has 4 rings (SSSR count). The summed E-state index contributed by atoms with van der Waals surface area (Å²) in [6, 6.07) is 8.43. The van der Waals surface area contributed by atoms with Crippen molar-refractivity contribution >= 4 is 11.7 Å². The zero-order valence-corrected chi connectivity index (χ0v) is 17.4. The number of hydrogen-bond donors (Lipinski definition) is 1. The van der Waals surface area contributed by atoms with Crippen molar-refractivity contribution in [1.82, 2.24) is 15.0 Å². The SMILES string of the molecule is CCCCc1nc(-c2ccccc2N(C(N)=O)C2CC3CCCC(C2)N3C)no1. The molecule has 0 saturated carbocycles. The number of para-hydroxylation sites is 1. The van der Waals surface area contributed by atoms with Crippen molar-refractivity contribution in [2.24, 2.45) is 5.73 Å². The molecule has 7 heteroatoms. The largest absolute Gasteiger partial charge is 0.351 e. The summed E-state index contributed by atoms with van der Waals surface area (Å²) >= 11 is 0. The third-order valence-electron chi connectivity index (χ3n) is 6.53. The molecule has 0 spiro atoms. The number of nitrogens with zero attached hydrogens (tertiary/aromatic N) is 4. The molecule has 3 heterocycles. The van der Waals surface area contributed by atoms with Gasteiger partial charge < -0.3 is 15.2 Å². The van der Waals surface area contributed by atoms with E-state index in [4.69, 9.17) is 10.3 Å². The van der Waals surface area contributed by atoms with E-state index in [1.807, 2.05) is 24.3 Å². The Morgan fingerprint density at radius 2 is 2.00 bits per heavy atom. The molecule has 2 atom stereocenters. The molecule has 0 aliphatic carbocycles. The molecule has 29 heavy (non-hydrogen) atoms. The van der Waals surface area contributed by atoms with Crippen LogP contribution in [0.5, 0.6) is 0 Å². The Bertz CT molecular complexity index is 837. The minimum Gasteiger partial charge on any atom is -0.351 e. The lowest BCUT2D eigenvalue weighted by molar-refractivity contribution is 0.0564. The fraction of sp³-hybridized carbons (Fsp3) is 0.591. The van der Waals surface area contributed by atoms with Gasteiger partial charge in [0.15, 0.2) is 0 Å². The minimum absolute atomic E-state index is 0.0895. The summed E-state index contributed by atoms with van der Waals surface area (Å²) in [6.07, 6.45) is 8.37. The first-order valence-electron chi connectivity index (χ1n) is 10.8. The fourth-order valence-corrected chi connectivity index (χ4v) is 4.96. The number of nitrogens with two attached hydrogens (primary N) is 1. The van der Waals surface area contributed by atoms with Gasteiger partial charge in [-0.15, -0.1) is 0 Å². The maximum atomic E-state index is 12.6. The zero-order chi connectivity index (χ0) is 20.4. The zero-order valence-electron chi connectivity index (χ0n) is 17.4. The van der Waals surface area contributed by atoms with E-state index in [2.05, 4.69) is 29.0 Å². The Hall–Kier alpha value is -2.41. The quantitative estimate of drug-likeness (QED) is 0.796. The molecule has 7 nitrogen and oxygen atoms in total. The van der Waals surface area contributed by atoms with Crippen LogP contribution in [-0.2, 0) is 6.42 Å². The maximum absolute atomic E-state index is 12.6. The summed E-state index contributed by atoms with van der Waals surface area (Å²) in [6.45, 7) is 2.13. The van der Waals surface area contributed by atoms with Gasteiger partial charge in [0.1, 0.15) is 0 Å². The Morgan fingerprint density at radius 3 is 2.69 bits per heavy atom. The Balaban J connectivity index is 1.65. The van der Waals surface area contributed by atoms with Crippen LogP contribution in [0.4, 0.5) is 10.5 Å². The number of benzene rings is 1. The van der Waals surface area contributed by atoms with Crippen molar-refractivity contribution < 1.29 is 9.32 Å². The van der Waals surface area contributed by atoms with Crippen molar-refractivity contribution in [3.63, 3.8) is 0 Å². The highest BCUT2D eigenvalue weighted by Gasteiger charge is 2.40. The lowest BCUT2D eigenvalue weighted by atomic mass is 9.81. The van der Waals surface area contributed by atoms with E-state index < -0.39 is 6.03 Å². The topological polar surface area (TPSA) is 88.5 Å². The van der Waals surface area contributed by atoms with Crippen LogP contribution in [0, 0.1) is 0 Å². The van der Waals surface area contributed by atoms with Crippen LogP contribution in [0.15, 0.2) is 28.8 Å². The summed E-state index contributed by atoms with van der Waals surface area (Å²) < 4.78 is 5.43. The van der Waals surface area contributed by atoms with Crippen molar-refractivity contribution in [1.29, 1.82) is 0 Å². The minimum atomic E-state index is -0.417. The van der Waals surface area contributed by atoms with Gasteiger partial charge in [-0.05, 0) is 51.3 Å². The number of rotatable bonds is 6. The van der Waals surface area contributed by atoms with Crippen LogP contribution in [0.3, 0.4) is 0 Å². The summed E-state index contributed by atoms with van der Waals surface area (Å²) in [5, 5.41) is 4.18. The first kappa shape index (κ1) is 19.9. The third-order valence-corrected chi connectivity index (χ3v) is 6.53. The van der Waals surface area contributed by atoms with Crippen molar-refractivity contribution in [2.45, 2.75) is 76.4 Å². The second-order valence-corrected chi connectivity index (χ2v) is 8.37. The number of carbonyl (C=O) groups is 1. The van der Waals surface area contributed by atoms with Gasteiger partial charge >= 0.3 is 6.03 Å². The molecule has 2 amide bonds. The second kappa shape index (κ2) is 8.53. The van der Waals surface area contributed by atoms with Crippen molar-refractivity contribution in [3.05, 3.63) is 30.2 Å². The predicted octanol–water partition coefficient (Wildman–Crippen LogP) is 3.98. The average Bonchev–Trinajstić information content (AvgIpc) is 3.16. The van der Waals surface area contributed by atoms with Gasteiger partial charge in [0.05, 0.1) is 5.69 Å². The Kier molecular flexibility index (Phi) is 5.85. The van der Waals surface area contributed by atoms with Gasteiger partial charge in [-0.2, -0.15) is 4.98 Å². The number of aryl methyl sites for hydroxylation is 1. The van der Waals surface area contributed by atoms with Gasteiger partial charge in [0, 0.05) is 30.1 Å². The van der Waals surface area contributed by atoms with E-state index in [-0.39, 0.29) is 6.04 Å². The van der Waals surface area contributed by atoms with Crippen LogP contribution in [0.2, 0.25) is 0 Å². The molecule has 2 unspecified atom stereocenters. The number of hydrogen-bond acceptors (Lipinski definition) is 5. The number of primary amides is 1. The first-order valence-corrected chi connectivity index (χ1v) is 10.8. The summed E-state index contributed by atoms with van der Waals surface area (Å²) in [5.41, 5.74) is 7.48. The van der Waals surface area contributed by atoms with Crippen LogP contribution < -0.4 is 10.6 Å². The third kappa shape index (κ3) is 4.01. The first-order chi connectivity index (χ1) is 14.1. The molecule has 2 aliphatic rings. The molecule has 156 valence electrons. The molecule has 1 aromatic carbocycles. The molecule has 2 aromatic rings. The maximum Gasteiger partial charge on any atom is 0.319 e. The summed E-state index contributed by atoms with van der Waals surface area (Å²) in [7, 11) is 2.21. The fourth-order valence-electron chi connectivity index (χ4n) is 4.96. The molecule has 2 aliphatic heterocycles. The van der Waals surface area contributed by atoms with Gasteiger partial charge in [-0.3, -0.25) is 4.90 Å². The number of aromatic nitrogens is 2. The number of urea groups is 1. The number of carbonyl (C=O) groups excluding carboxylic acids is 1. The highest BCUT2D eigenvalue weighted by atomic mass is 16.5. The molecule has 2 bridgehead atoms. The lowest BCUT2D eigenvalue weighted by Gasteiger charge is -2.49. The number of unbranched alkanes of at least 4 members (excludes halogenated alkanes) is 1. The van der Waals surface area contributed by atoms with Gasteiger partial charge in [0.25, 0.3) is 0 Å². The molecule has 2 N–H and O–H groups in total. The molecule has 1 aromatic heterocycles. The lowest BCUT2D eigenvalue weighted by Crippen LogP contribution is -2.57. The van der Waals surface area contributed by atoms with E-state index in [1.165, 1.54) is 19.3 Å². The molecular formula is C22H31N5O2. The number of fused-ring (bicyclic) bond motifs is 2. The van der Waals surface area contributed by atoms with Crippen molar-refractivity contribution in [2.75, 3.05) is 11.9 Å². The second-order valence-electron chi connectivity index (χ2n) is 8.37. The number of piperidine rings is 2. The van der Waals surface area contributed by atoms with E-state index in [1.54, 1.807) is 4.90 Å². The van der Waals surface area contributed by atoms with Gasteiger partial charge in [-0.25, -0.2) is 4.79 Å². The smallest absolute Gasteiger partial charge is 0.319 e. The predicted molar refractivity (Wildman–Crippen MR) is 113 cm³/mol. The van der Waals surface area contributed by atoms with E-state index in [0.717, 1.165) is 43.4 Å². The Labute approximate surface area is 172 Å². The van der Waals surface area contributed by atoms with E-state index in [0.29, 0.717) is 23.8 Å². The van der Waals surface area contributed by atoms with Crippen LogP contribution in [-0.4, -0.2) is 46.2 Å². The van der Waals surface area contributed by atoms with Crippen LogP contribution >= 0.6 is 0 Å². The van der Waals surface area contributed by atoms with Crippen LogP contribution in [0.1, 0.15) is 57.8 Å². The molecule has 2 fully saturated rings. The molecule has 2 saturated heterocycles. The van der Waals surface area contributed by atoms with E-state index >= 15 is 0 Å². The standard InChI is InChI=1S/C22H31N5O2/c1-3-4-12-20-24-21(25-29-20)18-10-5-6-11-19(18)27(22(23)28)17-13-15-8-7-9-16(14-17)26(15)2/h5-6,10-11,15-17H,3-4,7-9,12-14H2,1-2H3,(H2,23,28). The van der Waals surface area contributed by atoms with Gasteiger partial charge in [-0.1, -0.05) is 37.1 Å². The van der Waals surface area contributed by atoms with Gasteiger partial charge in [0.2, 0.25) is 11.7 Å². The highest BCUT2D eigenvalue weighted by Crippen LogP contribution is 2.38. The summed E-state index contributed by atoms with van der Waals surface area (Å²) in [5.74, 6) is 1.15. The summed E-state index contributed by atoms with van der Waals surface area (Å²) in [4.78, 5) is 21.4.